The molecular weight excluding hydrogens is 404 g/mol. The summed E-state index contributed by atoms with van der Waals surface area (Å²) in [4.78, 5) is 0. The van der Waals surface area contributed by atoms with Gasteiger partial charge in [0.2, 0.25) is 0 Å². The van der Waals surface area contributed by atoms with Gasteiger partial charge in [0.25, 0.3) is 0 Å². The van der Waals surface area contributed by atoms with Crippen LogP contribution in [0.2, 0.25) is 0 Å². The second-order valence-corrected chi connectivity index (χ2v) is 8.28. The SMILES string of the molecule is CC(C)c1cccc(C(C)C)c1[O-].Cc1cccc(C(C)(C)C)c1[O-].[Ti+4].[Ti+4]. The first-order chi connectivity index (χ1) is 11.5. The second-order valence-electron chi connectivity index (χ2n) is 8.28. The van der Waals surface area contributed by atoms with Crippen LogP contribution in [-0.2, 0) is 48.9 Å². The van der Waals surface area contributed by atoms with Gasteiger partial charge < -0.3 is 10.2 Å². The monoisotopic (exact) mass is 436 g/mol. The molecular formula is C23H32O2Ti2+6. The van der Waals surface area contributed by atoms with E-state index >= 15 is 0 Å². The molecule has 0 amide bonds. The maximum absolute atomic E-state index is 11.9. The largest absolute Gasteiger partial charge is 4.00 e. The van der Waals surface area contributed by atoms with Crippen LogP contribution in [0.4, 0.5) is 0 Å². The van der Waals surface area contributed by atoms with Gasteiger partial charge in [0.15, 0.2) is 0 Å². The Labute approximate surface area is 195 Å². The predicted octanol–water partition coefficient (Wildman–Crippen LogP) is 5.37. The number of hydrogen-bond acceptors (Lipinski definition) is 2. The minimum atomic E-state index is -0.0386. The smallest absolute Gasteiger partial charge is 0.872 e. The first-order valence-corrected chi connectivity index (χ1v) is 9.03. The summed E-state index contributed by atoms with van der Waals surface area (Å²) < 4.78 is 0. The van der Waals surface area contributed by atoms with Crippen molar-refractivity contribution in [3.05, 3.63) is 58.7 Å². The number of aryl methyl sites for hydroxylation is 1. The van der Waals surface area contributed by atoms with Crippen molar-refractivity contribution in [1.29, 1.82) is 0 Å². The van der Waals surface area contributed by atoms with Crippen molar-refractivity contribution >= 4 is 0 Å². The summed E-state index contributed by atoms with van der Waals surface area (Å²) >= 11 is 0. The van der Waals surface area contributed by atoms with Crippen LogP contribution in [0.15, 0.2) is 36.4 Å². The van der Waals surface area contributed by atoms with Gasteiger partial charge in [-0.05, 0) is 24.2 Å². The van der Waals surface area contributed by atoms with Crippen molar-refractivity contribution < 1.29 is 53.6 Å². The van der Waals surface area contributed by atoms with Gasteiger partial charge in [-0.2, -0.15) is 0 Å². The number of hydrogen-bond donors (Lipinski definition) is 0. The fraction of sp³-hybridized carbons (Fsp3) is 0.478. The Morgan fingerprint density at radius 2 is 1.11 bits per heavy atom. The minimum Gasteiger partial charge on any atom is -0.872 e. The van der Waals surface area contributed by atoms with Crippen molar-refractivity contribution in [2.24, 2.45) is 0 Å². The molecule has 2 aromatic carbocycles. The maximum atomic E-state index is 11.9. The third kappa shape index (κ3) is 8.16. The molecule has 0 saturated heterocycles. The molecule has 0 atom stereocenters. The van der Waals surface area contributed by atoms with Crippen molar-refractivity contribution in [1.82, 2.24) is 0 Å². The van der Waals surface area contributed by atoms with Crippen LogP contribution in [0, 0.1) is 6.92 Å². The fourth-order valence-corrected chi connectivity index (χ4v) is 2.73. The molecule has 0 bridgehead atoms. The molecule has 0 spiro atoms. The second kappa shape index (κ2) is 12.1. The standard InChI is InChI=1S/C12H18O.C11H16O.2Ti/c1-8(2)10-6-5-7-11(9(3)4)12(10)13;1-8-6-5-7-9(10(8)12)11(2,3)4;;/h5-9,13H,1-4H3;5-7,12H,1-4H3;;/q;;2*+4/p-2. The Bertz CT molecular complexity index is 676. The van der Waals surface area contributed by atoms with Gasteiger partial charge in [0.1, 0.15) is 0 Å². The fourth-order valence-electron chi connectivity index (χ4n) is 2.73. The van der Waals surface area contributed by atoms with Crippen LogP contribution in [0.5, 0.6) is 11.5 Å². The number of rotatable bonds is 2. The Hall–Kier alpha value is -0.531. The molecule has 0 heterocycles. The van der Waals surface area contributed by atoms with Gasteiger partial charge in [-0.3, -0.25) is 0 Å². The van der Waals surface area contributed by atoms with Crippen molar-refractivity contribution in [3.8, 4) is 11.5 Å². The van der Waals surface area contributed by atoms with E-state index < -0.39 is 0 Å². The summed E-state index contributed by atoms with van der Waals surface area (Å²) in [5, 5.41) is 23.5. The minimum absolute atomic E-state index is 0. The van der Waals surface area contributed by atoms with Crippen molar-refractivity contribution in [2.45, 2.75) is 72.6 Å². The van der Waals surface area contributed by atoms with E-state index in [1.165, 1.54) is 0 Å². The predicted molar refractivity (Wildman–Crippen MR) is 103 cm³/mol. The average molecular weight is 436 g/mol. The van der Waals surface area contributed by atoms with E-state index in [1.807, 2.05) is 43.3 Å². The molecule has 0 N–H and O–H groups in total. The zero-order chi connectivity index (χ0) is 19.4. The average Bonchev–Trinajstić information content (AvgIpc) is 2.49. The molecule has 0 unspecified atom stereocenters. The van der Waals surface area contributed by atoms with Crippen LogP contribution in [-0.4, -0.2) is 0 Å². The van der Waals surface area contributed by atoms with Crippen LogP contribution in [0.25, 0.3) is 0 Å². The van der Waals surface area contributed by atoms with Crippen LogP contribution in [0.3, 0.4) is 0 Å². The van der Waals surface area contributed by atoms with E-state index in [4.69, 9.17) is 0 Å². The van der Waals surface area contributed by atoms with E-state index in [0.717, 1.165) is 22.3 Å². The molecule has 0 saturated carbocycles. The molecule has 0 aromatic heterocycles. The summed E-state index contributed by atoms with van der Waals surface area (Å²) in [6, 6.07) is 11.5. The van der Waals surface area contributed by atoms with E-state index in [9.17, 15) is 10.2 Å². The zero-order valence-electron chi connectivity index (χ0n) is 17.9. The normalized spacial score (nSPS) is 10.6. The Morgan fingerprint density at radius 1 is 0.704 bits per heavy atom. The third-order valence-corrected chi connectivity index (χ3v) is 4.34. The quantitative estimate of drug-likeness (QED) is 0.595. The number of benzene rings is 2. The van der Waals surface area contributed by atoms with E-state index in [-0.39, 0.29) is 60.3 Å². The van der Waals surface area contributed by atoms with E-state index in [0.29, 0.717) is 11.8 Å². The molecule has 27 heavy (non-hydrogen) atoms. The van der Waals surface area contributed by atoms with Crippen LogP contribution >= 0.6 is 0 Å². The van der Waals surface area contributed by atoms with Gasteiger partial charge in [-0.1, -0.05) is 107 Å². The van der Waals surface area contributed by atoms with Gasteiger partial charge in [0.05, 0.1) is 0 Å². The van der Waals surface area contributed by atoms with Gasteiger partial charge in [-0.25, -0.2) is 0 Å². The molecule has 138 valence electrons. The van der Waals surface area contributed by atoms with E-state index in [2.05, 4.69) is 48.5 Å². The van der Waals surface area contributed by atoms with Crippen molar-refractivity contribution in [2.75, 3.05) is 0 Å². The zero-order valence-corrected chi connectivity index (χ0v) is 21.1. The molecule has 2 rings (SSSR count). The summed E-state index contributed by atoms with van der Waals surface area (Å²) in [7, 11) is 0. The summed E-state index contributed by atoms with van der Waals surface area (Å²) in [6.07, 6.45) is 0. The molecule has 0 aliphatic rings. The first kappa shape index (κ1) is 28.7. The Balaban J connectivity index is 0. The Morgan fingerprint density at radius 3 is 1.44 bits per heavy atom. The third-order valence-electron chi connectivity index (χ3n) is 4.34. The van der Waals surface area contributed by atoms with E-state index in [1.54, 1.807) is 0 Å². The Kier molecular flexibility index (Phi) is 12.9. The molecule has 0 aliphatic heterocycles. The number of para-hydroxylation sites is 2. The molecule has 0 radical (unpaired) electrons. The van der Waals surface area contributed by atoms with Gasteiger partial charge in [0, 0.05) is 0 Å². The molecule has 0 aliphatic carbocycles. The van der Waals surface area contributed by atoms with Crippen molar-refractivity contribution in [3.63, 3.8) is 0 Å². The van der Waals surface area contributed by atoms with Crippen LogP contribution in [0.1, 0.15) is 82.6 Å². The summed E-state index contributed by atoms with van der Waals surface area (Å²) in [6.45, 7) is 16.3. The van der Waals surface area contributed by atoms with Crippen LogP contribution < -0.4 is 10.2 Å². The summed E-state index contributed by atoms with van der Waals surface area (Å²) in [5.41, 5.74) is 3.57. The van der Waals surface area contributed by atoms with Gasteiger partial charge in [-0.15, -0.1) is 11.5 Å². The molecule has 4 heteroatoms. The molecule has 0 fully saturated rings. The topological polar surface area (TPSA) is 46.1 Å². The molecule has 2 aromatic rings. The summed E-state index contributed by atoms with van der Waals surface area (Å²) in [5.74, 6) is 1.06. The maximum Gasteiger partial charge on any atom is 4.00 e. The van der Waals surface area contributed by atoms with Gasteiger partial charge >= 0.3 is 43.4 Å². The first-order valence-electron chi connectivity index (χ1n) is 9.03. The molecule has 2 nitrogen and oxygen atoms in total.